The lowest BCUT2D eigenvalue weighted by molar-refractivity contribution is -0.142. The molecule has 0 aliphatic rings. The Balaban J connectivity index is 2.65. The van der Waals surface area contributed by atoms with Gasteiger partial charge in [0.05, 0.1) is 11.6 Å². The van der Waals surface area contributed by atoms with Crippen LogP contribution < -0.4 is 5.32 Å². The third kappa shape index (κ3) is 4.36. The van der Waals surface area contributed by atoms with Gasteiger partial charge in [0.15, 0.2) is 0 Å². The number of nitrogens with zero attached hydrogens (tertiary/aromatic N) is 2. The fourth-order valence-electron chi connectivity index (χ4n) is 2.06. The first-order valence-electron chi connectivity index (χ1n) is 6.89. The summed E-state index contributed by atoms with van der Waals surface area (Å²) in [6.07, 6.45) is 1.30. The van der Waals surface area contributed by atoms with E-state index in [2.05, 4.69) is 10.4 Å². The molecule has 1 heterocycles. The largest absolute Gasteiger partial charge is 0.481 e. The van der Waals surface area contributed by atoms with Gasteiger partial charge in [-0.25, -0.2) is 0 Å². The average Bonchev–Trinajstić information content (AvgIpc) is 2.74. The lowest BCUT2D eigenvalue weighted by atomic mass is 9.97. The van der Waals surface area contributed by atoms with Crippen LogP contribution in [-0.2, 0) is 18.3 Å². The van der Waals surface area contributed by atoms with Crippen LogP contribution in [0.4, 0.5) is 0 Å². The molecule has 6 heteroatoms. The number of aromatic nitrogens is 2. The lowest BCUT2D eigenvalue weighted by Crippen LogP contribution is -2.34. The molecule has 1 unspecified atom stereocenters. The average molecular weight is 281 g/mol. The van der Waals surface area contributed by atoms with Crippen LogP contribution in [0.3, 0.4) is 0 Å². The van der Waals surface area contributed by atoms with Crippen molar-refractivity contribution >= 4 is 11.9 Å². The Morgan fingerprint density at radius 3 is 2.55 bits per heavy atom. The molecule has 0 bridgehead atoms. The fraction of sp³-hybridized carbons (Fsp3) is 0.643. The Labute approximate surface area is 119 Å². The van der Waals surface area contributed by atoms with Gasteiger partial charge in [-0.2, -0.15) is 5.10 Å². The Morgan fingerprint density at radius 1 is 1.45 bits per heavy atom. The minimum absolute atomic E-state index is 0.138. The van der Waals surface area contributed by atoms with E-state index in [1.165, 1.54) is 4.68 Å². The number of nitrogens with one attached hydrogen (secondary N) is 1. The van der Waals surface area contributed by atoms with Gasteiger partial charge >= 0.3 is 5.97 Å². The van der Waals surface area contributed by atoms with Gasteiger partial charge in [0, 0.05) is 13.6 Å². The molecule has 1 rings (SSSR count). The molecule has 112 valence electrons. The highest BCUT2D eigenvalue weighted by Crippen LogP contribution is 2.11. The van der Waals surface area contributed by atoms with Crippen molar-refractivity contribution in [1.82, 2.24) is 15.1 Å². The number of carbonyl (C=O) groups is 2. The van der Waals surface area contributed by atoms with Crippen molar-refractivity contribution in [1.29, 1.82) is 0 Å². The molecular formula is C14H23N3O3. The van der Waals surface area contributed by atoms with E-state index in [0.29, 0.717) is 12.1 Å². The summed E-state index contributed by atoms with van der Waals surface area (Å²) in [4.78, 5) is 23.2. The summed E-state index contributed by atoms with van der Waals surface area (Å²) in [5.41, 5.74) is 1.30. The van der Waals surface area contributed by atoms with Crippen LogP contribution in [-0.4, -0.2) is 33.3 Å². The number of aryl methyl sites for hydroxylation is 2. The minimum Gasteiger partial charge on any atom is -0.481 e. The van der Waals surface area contributed by atoms with Gasteiger partial charge in [0.1, 0.15) is 5.69 Å². The molecule has 0 saturated carbocycles. The molecule has 0 spiro atoms. The normalized spacial score (nSPS) is 12.4. The van der Waals surface area contributed by atoms with Crippen molar-refractivity contribution < 1.29 is 14.7 Å². The van der Waals surface area contributed by atoms with Crippen LogP contribution in [0.2, 0.25) is 0 Å². The van der Waals surface area contributed by atoms with Crippen LogP contribution in [0.15, 0.2) is 6.07 Å². The van der Waals surface area contributed by atoms with Gasteiger partial charge in [0.2, 0.25) is 0 Å². The predicted octanol–water partition coefficient (Wildman–Crippen LogP) is 1.46. The van der Waals surface area contributed by atoms with Gasteiger partial charge in [0.25, 0.3) is 5.91 Å². The van der Waals surface area contributed by atoms with Gasteiger partial charge < -0.3 is 10.4 Å². The van der Waals surface area contributed by atoms with Crippen molar-refractivity contribution in [2.75, 3.05) is 6.54 Å². The third-order valence-electron chi connectivity index (χ3n) is 3.14. The Morgan fingerprint density at radius 2 is 2.10 bits per heavy atom. The molecule has 1 atom stereocenters. The highest BCUT2D eigenvalue weighted by molar-refractivity contribution is 5.92. The van der Waals surface area contributed by atoms with Crippen LogP contribution in [0.1, 0.15) is 43.4 Å². The van der Waals surface area contributed by atoms with E-state index >= 15 is 0 Å². The van der Waals surface area contributed by atoms with E-state index in [1.54, 1.807) is 13.1 Å². The molecule has 0 radical (unpaired) electrons. The number of hydrogen-bond donors (Lipinski definition) is 2. The van der Waals surface area contributed by atoms with E-state index in [4.69, 9.17) is 5.11 Å². The maximum absolute atomic E-state index is 12.0. The summed E-state index contributed by atoms with van der Waals surface area (Å²) in [6, 6.07) is 1.73. The maximum atomic E-state index is 12.0. The molecule has 0 saturated heterocycles. The lowest BCUT2D eigenvalue weighted by Gasteiger charge is -2.15. The zero-order valence-electron chi connectivity index (χ0n) is 12.5. The van der Waals surface area contributed by atoms with Crippen LogP contribution >= 0.6 is 0 Å². The summed E-state index contributed by atoms with van der Waals surface area (Å²) in [5, 5.41) is 16.0. The molecular weight excluding hydrogens is 258 g/mol. The fourth-order valence-corrected chi connectivity index (χ4v) is 2.06. The molecule has 2 N–H and O–H groups in total. The number of carboxylic acids is 1. The number of hydrogen-bond acceptors (Lipinski definition) is 3. The minimum atomic E-state index is -0.877. The second kappa shape index (κ2) is 7.07. The third-order valence-corrected chi connectivity index (χ3v) is 3.14. The van der Waals surface area contributed by atoms with Crippen molar-refractivity contribution in [3.05, 3.63) is 17.5 Å². The molecule has 0 aromatic carbocycles. The molecule has 1 aromatic heterocycles. The Kier molecular flexibility index (Phi) is 5.73. The Hall–Kier alpha value is -1.85. The van der Waals surface area contributed by atoms with Crippen LogP contribution in [0.25, 0.3) is 0 Å². The molecule has 1 aromatic rings. The van der Waals surface area contributed by atoms with Gasteiger partial charge in [-0.15, -0.1) is 0 Å². The number of carboxylic acid groups (broad SMARTS) is 1. The van der Waals surface area contributed by atoms with E-state index < -0.39 is 11.9 Å². The van der Waals surface area contributed by atoms with Crippen LogP contribution in [0, 0.1) is 11.8 Å². The van der Waals surface area contributed by atoms with Crippen molar-refractivity contribution in [2.24, 2.45) is 18.9 Å². The molecule has 1 amide bonds. The smallest absolute Gasteiger partial charge is 0.308 e. The van der Waals surface area contributed by atoms with E-state index in [-0.39, 0.29) is 18.4 Å². The quantitative estimate of drug-likeness (QED) is 0.792. The first kappa shape index (κ1) is 16.2. The zero-order valence-corrected chi connectivity index (χ0v) is 12.5. The first-order valence-corrected chi connectivity index (χ1v) is 6.89. The summed E-state index contributed by atoms with van der Waals surface area (Å²) in [6.45, 7) is 6.03. The summed E-state index contributed by atoms with van der Waals surface area (Å²) < 4.78 is 1.52. The molecule has 0 aliphatic heterocycles. The second-order valence-electron chi connectivity index (χ2n) is 5.37. The zero-order chi connectivity index (χ0) is 15.3. The highest BCUT2D eigenvalue weighted by atomic mass is 16.4. The molecule has 0 aliphatic carbocycles. The maximum Gasteiger partial charge on any atom is 0.308 e. The molecule has 6 nitrogen and oxygen atoms in total. The predicted molar refractivity (Wildman–Crippen MR) is 75.5 cm³/mol. The summed E-state index contributed by atoms with van der Waals surface area (Å²) in [7, 11) is 1.71. The summed E-state index contributed by atoms with van der Waals surface area (Å²) >= 11 is 0. The number of aliphatic carboxylic acids is 1. The molecule has 0 fully saturated rings. The molecule has 20 heavy (non-hydrogen) atoms. The van der Waals surface area contributed by atoms with Gasteiger partial charge in [-0.3, -0.25) is 14.3 Å². The van der Waals surface area contributed by atoms with Crippen molar-refractivity contribution in [2.45, 2.75) is 33.6 Å². The SMILES string of the molecule is CCc1cc(C(=O)NCC(CC(C)C)C(=O)O)n(C)n1. The second-order valence-corrected chi connectivity index (χ2v) is 5.37. The van der Waals surface area contributed by atoms with E-state index in [0.717, 1.165) is 12.1 Å². The van der Waals surface area contributed by atoms with Gasteiger partial charge in [-0.1, -0.05) is 20.8 Å². The highest BCUT2D eigenvalue weighted by Gasteiger charge is 2.21. The Bertz CT molecular complexity index is 480. The first-order chi connectivity index (χ1) is 9.35. The number of amides is 1. The van der Waals surface area contributed by atoms with E-state index in [1.807, 2.05) is 20.8 Å². The monoisotopic (exact) mass is 281 g/mol. The van der Waals surface area contributed by atoms with Crippen molar-refractivity contribution in [3.63, 3.8) is 0 Å². The van der Waals surface area contributed by atoms with E-state index in [9.17, 15) is 9.59 Å². The number of rotatable bonds is 7. The van der Waals surface area contributed by atoms with Crippen molar-refractivity contribution in [3.8, 4) is 0 Å². The standard InChI is InChI=1S/C14H23N3O3/c1-5-11-7-12(17(4)16-11)13(18)15-8-10(14(19)20)6-9(2)3/h7,9-10H,5-6,8H2,1-4H3,(H,15,18)(H,19,20). The van der Waals surface area contributed by atoms with Gasteiger partial charge in [-0.05, 0) is 24.8 Å². The topological polar surface area (TPSA) is 84.2 Å². The summed E-state index contributed by atoms with van der Waals surface area (Å²) in [5.74, 6) is -1.44. The van der Waals surface area contributed by atoms with Crippen LogP contribution in [0.5, 0.6) is 0 Å². The number of carbonyl (C=O) groups excluding carboxylic acids is 1.